The maximum absolute atomic E-state index is 12.4. The molecule has 0 saturated carbocycles. The number of carbonyl (C=O) groups is 1. The van der Waals surface area contributed by atoms with Gasteiger partial charge < -0.3 is 4.90 Å². The van der Waals surface area contributed by atoms with Gasteiger partial charge in [-0.05, 0) is 37.6 Å². The lowest BCUT2D eigenvalue weighted by Gasteiger charge is -2.20. The zero-order valence-electron chi connectivity index (χ0n) is 11.1. The lowest BCUT2D eigenvalue weighted by atomic mass is 10.1. The third kappa shape index (κ3) is 2.76. The van der Waals surface area contributed by atoms with Crippen LogP contribution in [0.2, 0.25) is 5.15 Å². The number of hydrogen-bond donors (Lipinski definition) is 0. The molecule has 0 aliphatic heterocycles. The molecule has 1 heterocycles. The first-order valence-electron chi connectivity index (χ1n) is 5.96. The molecule has 4 heteroatoms. The van der Waals surface area contributed by atoms with E-state index in [1.807, 2.05) is 32.0 Å². The van der Waals surface area contributed by atoms with Crippen LogP contribution in [-0.2, 0) is 0 Å². The van der Waals surface area contributed by atoms with Crippen LogP contribution in [0, 0.1) is 13.8 Å². The van der Waals surface area contributed by atoms with Crippen molar-refractivity contribution in [2.45, 2.75) is 13.8 Å². The van der Waals surface area contributed by atoms with Gasteiger partial charge in [-0.3, -0.25) is 4.79 Å². The summed E-state index contributed by atoms with van der Waals surface area (Å²) in [6, 6.07) is 9.35. The van der Waals surface area contributed by atoms with Crippen LogP contribution >= 0.6 is 11.6 Å². The van der Waals surface area contributed by atoms with Gasteiger partial charge in [0.15, 0.2) is 0 Å². The Morgan fingerprint density at radius 3 is 2.63 bits per heavy atom. The highest BCUT2D eigenvalue weighted by atomic mass is 35.5. The van der Waals surface area contributed by atoms with E-state index >= 15 is 0 Å². The van der Waals surface area contributed by atoms with Gasteiger partial charge in [0, 0.05) is 18.9 Å². The molecule has 1 amide bonds. The average Bonchev–Trinajstić information content (AvgIpc) is 2.38. The number of aromatic nitrogens is 1. The molecule has 98 valence electrons. The molecule has 1 aromatic heterocycles. The Morgan fingerprint density at radius 2 is 2.00 bits per heavy atom. The number of carbonyl (C=O) groups excluding carboxylic acids is 1. The lowest BCUT2D eigenvalue weighted by Crippen LogP contribution is -2.27. The second-order valence-electron chi connectivity index (χ2n) is 4.50. The Morgan fingerprint density at radius 1 is 1.26 bits per heavy atom. The first-order chi connectivity index (χ1) is 9.00. The van der Waals surface area contributed by atoms with Gasteiger partial charge in [0.05, 0.1) is 5.56 Å². The van der Waals surface area contributed by atoms with Gasteiger partial charge in [-0.2, -0.15) is 0 Å². The van der Waals surface area contributed by atoms with Crippen LogP contribution in [0.15, 0.2) is 36.5 Å². The fourth-order valence-electron chi connectivity index (χ4n) is 2.02. The molecule has 2 rings (SSSR count). The first-order valence-corrected chi connectivity index (χ1v) is 6.34. The summed E-state index contributed by atoms with van der Waals surface area (Å²) >= 11 is 5.96. The van der Waals surface area contributed by atoms with Crippen molar-refractivity contribution in [2.75, 3.05) is 11.9 Å². The molecule has 0 bridgehead atoms. The van der Waals surface area contributed by atoms with Gasteiger partial charge in [-0.1, -0.05) is 29.3 Å². The van der Waals surface area contributed by atoms with E-state index in [9.17, 15) is 4.79 Å². The summed E-state index contributed by atoms with van der Waals surface area (Å²) in [7, 11) is 1.74. The van der Waals surface area contributed by atoms with E-state index in [1.54, 1.807) is 30.3 Å². The van der Waals surface area contributed by atoms with Crippen LogP contribution in [0.5, 0.6) is 0 Å². The SMILES string of the molecule is Cc1ccc(N(C)C(=O)c2cccnc2Cl)c(C)c1. The maximum Gasteiger partial charge on any atom is 0.261 e. The van der Waals surface area contributed by atoms with E-state index in [0.717, 1.165) is 11.3 Å². The number of halogens is 1. The van der Waals surface area contributed by atoms with Crippen molar-refractivity contribution in [1.29, 1.82) is 0 Å². The van der Waals surface area contributed by atoms with Crippen molar-refractivity contribution in [3.63, 3.8) is 0 Å². The molecule has 0 unspecified atom stereocenters. The van der Waals surface area contributed by atoms with Gasteiger partial charge in [-0.15, -0.1) is 0 Å². The smallest absolute Gasteiger partial charge is 0.261 e. The molecule has 0 N–H and O–H groups in total. The number of pyridine rings is 1. The van der Waals surface area contributed by atoms with Crippen molar-refractivity contribution >= 4 is 23.2 Å². The van der Waals surface area contributed by atoms with Crippen molar-refractivity contribution < 1.29 is 4.79 Å². The molecule has 0 spiro atoms. The predicted molar refractivity (Wildman–Crippen MR) is 77.9 cm³/mol. The Labute approximate surface area is 117 Å². The van der Waals surface area contributed by atoms with Crippen LogP contribution in [0.25, 0.3) is 0 Å². The molecule has 19 heavy (non-hydrogen) atoms. The molecule has 1 aromatic carbocycles. The molecule has 0 aliphatic carbocycles. The summed E-state index contributed by atoms with van der Waals surface area (Å²) in [5.74, 6) is -0.162. The summed E-state index contributed by atoms with van der Waals surface area (Å²) < 4.78 is 0. The molecule has 0 saturated heterocycles. The maximum atomic E-state index is 12.4. The monoisotopic (exact) mass is 274 g/mol. The molecule has 0 aliphatic rings. The van der Waals surface area contributed by atoms with Crippen LogP contribution in [0.3, 0.4) is 0 Å². The van der Waals surface area contributed by atoms with E-state index in [4.69, 9.17) is 11.6 Å². The number of aryl methyl sites for hydroxylation is 2. The molecule has 0 fully saturated rings. The Bertz CT molecular complexity index is 625. The topological polar surface area (TPSA) is 33.2 Å². The standard InChI is InChI=1S/C15H15ClN2O/c1-10-6-7-13(11(2)9-10)18(3)15(19)12-5-4-8-17-14(12)16/h4-9H,1-3H3. The van der Waals surface area contributed by atoms with Crippen LogP contribution in [0.1, 0.15) is 21.5 Å². The van der Waals surface area contributed by atoms with Gasteiger partial charge in [-0.25, -0.2) is 4.98 Å². The Hall–Kier alpha value is -1.87. The molecule has 0 radical (unpaired) electrons. The zero-order chi connectivity index (χ0) is 14.0. The molecular formula is C15H15ClN2O. The minimum Gasteiger partial charge on any atom is -0.311 e. The highest BCUT2D eigenvalue weighted by Gasteiger charge is 2.18. The highest BCUT2D eigenvalue weighted by molar-refractivity contribution is 6.33. The fraction of sp³-hybridized carbons (Fsp3) is 0.200. The number of amides is 1. The van der Waals surface area contributed by atoms with Crippen LogP contribution < -0.4 is 4.90 Å². The second kappa shape index (κ2) is 5.41. The Kier molecular flexibility index (Phi) is 3.86. The Balaban J connectivity index is 2.37. The summed E-state index contributed by atoms with van der Waals surface area (Å²) in [5, 5.41) is 0.226. The molecule has 0 atom stereocenters. The van der Waals surface area contributed by atoms with Crippen LogP contribution in [-0.4, -0.2) is 17.9 Å². The highest BCUT2D eigenvalue weighted by Crippen LogP contribution is 2.23. The van der Waals surface area contributed by atoms with E-state index in [-0.39, 0.29) is 11.1 Å². The third-order valence-corrected chi connectivity index (χ3v) is 3.31. The van der Waals surface area contributed by atoms with Crippen molar-refractivity contribution in [3.05, 3.63) is 58.4 Å². The molecular weight excluding hydrogens is 260 g/mol. The predicted octanol–water partition coefficient (Wildman–Crippen LogP) is 3.63. The van der Waals surface area contributed by atoms with E-state index < -0.39 is 0 Å². The largest absolute Gasteiger partial charge is 0.311 e. The average molecular weight is 275 g/mol. The second-order valence-corrected chi connectivity index (χ2v) is 4.85. The quantitative estimate of drug-likeness (QED) is 0.784. The fourth-order valence-corrected chi connectivity index (χ4v) is 2.22. The molecule has 3 nitrogen and oxygen atoms in total. The number of anilines is 1. The number of nitrogens with zero attached hydrogens (tertiary/aromatic N) is 2. The van der Waals surface area contributed by atoms with Gasteiger partial charge in [0.2, 0.25) is 0 Å². The minimum atomic E-state index is -0.162. The molecule has 2 aromatic rings. The van der Waals surface area contributed by atoms with Gasteiger partial charge >= 0.3 is 0 Å². The van der Waals surface area contributed by atoms with Crippen molar-refractivity contribution in [1.82, 2.24) is 4.98 Å². The minimum absolute atomic E-state index is 0.162. The normalized spacial score (nSPS) is 10.3. The summed E-state index contributed by atoms with van der Waals surface area (Å²) in [6.45, 7) is 4.01. The van der Waals surface area contributed by atoms with Crippen molar-refractivity contribution in [3.8, 4) is 0 Å². The number of rotatable bonds is 2. The number of benzene rings is 1. The van der Waals surface area contributed by atoms with Gasteiger partial charge in [0.1, 0.15) is 5.15 Å². The summed E-state index contributed by atoms with van der Waals surface area (Å²) in [5.41, 5.74) is 3.50. The lowest BCUT2D eigenvalue weighted by molar-refractivity contribution is 0.0992. The van der Waals surface area contributed by atoms with E-state index in [1.165, 1.54) is 5.56 Å². The first kappa shape index (κ1) is 13.6. The third-order valence-electron chi connectivity index (χ3n) is 3.01. The van der Waals surface area contributed by atoms with E-state index in [0.29, 0.717) is 5.56 Å². The van der Waals surface area contributed by atoms with Gasteiger partial charge in [0.25, 0.3) is 5.91 Å². The summed E-state index contributed by atoms with van der Waals surface area (Å²) in [4.78, 5) is 17.9. The van der Waals surface area contributed by atoms with E-state index in [2.05, 4.69) is 4.98 Å². The zero-order valence-corrected chi connectivity index (χ0v) is 11.9. The van der Waals surface area contributed by atoms with Crippen LogP contribution in [0.4, 0.5) is 5.69 Å². The summed E-state index contributed by atoms with van der Waals surface area (Å²) in [6.07, 6.45) is 1.57. The van der Waals surface area contributed by atoms with Crippen molar-refractivity contribution in [2.24, 2.45) is 0 Å². The number of hydrogen-bond acceptors (Lipinski definition) is 2.